The van der Waals surface area contributed by atoms with E-state index in [1.807, 2.05) is 25.9 Å². The van der Waals surface area contributed by atoms with Crippen LogP contribution in [0.5, 0.6) is 5.75 Å². The fourth-order valence-electron chi connectivity index (χ4n) is 7.92. The molecule has 117 heavy (non-hydrogen) atoms. The van der Waals surface area contributed by atoms with Crippen molar-refractivity contribution in [3.8, 4) is 62.0 Å². The second kappa shape index (κ2) is 54.8. The predicted molar refractivity (Wildman–Crippen MR) is 382 cm³/mol. The molecule has 14 aromatic rings. The van der Waals surface area contributed by atoms with E-state index < -0.39 is 83.4 Å². The first-order valence-corrected chi connectivity index (χ1v) is 31.4. The third-order valence-corrected chi connectivity index (χ3v) is 13.0. The molecule has 0 atom stereocenters. The van der Waals surface area contributed by atoms with E-state index in [9.17, 15) is 63.1 Å². The number of rotatable bonds is 11. The van der Waals surface area contributed by atoms with Crippen molar-refractivity contribution in [2.75, 3.05) is 26.1 Å². The number of methoxy groups -OCH3 is 1. The first-order valence-electron chi connectivity index (χ1n) is 31.4. The van der Waals surface area contributed by atoms with Gasteiger partial charge in [-0.1, -0.05) is 124 Å². The molecule has 0 amide bonds. The van der Waals surface area contributed by atoms with Crippen molar-refractivity contribution in [3.05, 3.63) is 350 Å². The molecule has 4 N–H and O–H groups in total. The van der Waals surface area contributed by atoms with E-state index >= 15 is 0 Å². The smallest absolute Gasteiger partial charge is 0.354 e. The average molecular weight is 2500 g/mol. The van der Waals surface area contributed by atoms with Crippen LogP contribution in [0.25, 0.3) is 56.3 Å². The molecule has 14 aromatic heterocycles. The summed E-state index contributed by atoms with van der Waals surface area (Å²) in [6, 6.07) is 56.4. The summed E-state index contributed by atoms with van der Waals surface area (Å²) in [5, 5.41) is 33.3. The second-order valence-electron chi connectivity index (χ2n) is 21.0. The summed E-state index contributed by atoms with van der Waals surface area (Å²) in [4.78, 5) is 91.8. The molecule has 615 valence electrons. The monoisotopic (exact) mass is 2500 g/mol. The molecule has 39 heteroatoms. The molecular formula is C78H54F10Ir5N15O9-5. The van der Waals surface area contributed by atoms with Crippen molar-refractivity contribution in [1.29, 1.82) is 0 Å². The molecule has 0 aliphatic carbocycles. The zero-order valence-corrected chi connectivity index (χ0v) is 71.9. The van der Waals surface area contributed by atoms with E-state index in [4.69, 9.17) is 25.2 Å². The van der Waals surface area contributed by atoms with Crippen molar-refractivity contribution < 1.29 is 189 Å². The number of aromatic nitrogens is 14. The van der Waals surface area contributed by atoms with E-state index in [2.05, 4.69) is 100 Å². The van der Waals surface area contributed by atoms with Gasteiger partial charge in [0.05, 0.1) is 7.11 Å². The minimum Gasteiger partial charge on any atom is -0.497 e. The van der Waals surface area contributed by atoms with Crippen LogP contribution in [0.4, 0.5) is 49.6 Å². The number of nitrogens with zero attached hydrogens (tertiary/aromatic N) is 15. The molecule has 5 radical (unpaired) electrons. The Morgan fingerprint density at radius 1 is 0.316 bits per heavy atom. The van der Waals surface area contributed by atoms with Crippen LogP contribution in [0.1, 0.15) is 47.5 Å². The average Bonchev–Trinajstić information content (AvgIpc) is 0.887. The van der Waals surface area contributed by atoms with Crippen LogP contribution in [0.2, 0.25) is 0 Å². The molecule has 0 aromatic carbocycles. The van der Waals surface area contributed by atoms with E-state index in [0.29, 0.717) is 34.2 Å². The summed E-state index contributed by atoms with van der Waals surface area (Å²) in [6.45, 7) is 1.86. The van der Waals surface area contributed by atoms with Gasteiger partial charge in [0.15, 0.2) is 0 Å². The zero-order chi connectivity index (χ0) is 81.5. The number of carboxylic acid groups (broad SMARTS) is 4. The molecule has 0 saturated heterocycles. The molecule has 14 heterocycles. The number of ether oxygens (including phenoxy) is 1. The second-order valence-corrected chi connectivity index (χ2v) is 21.0. The summed E-state index contributed by atoms with van der Waals surface area (Å²) in [7, 11) is 5.21. The first-order chi connectivity index (χ1) is 53.7. The molecule has 0 saturated carbocycles. The van der Waals surface area contributed by atoms with Crippen LogP contribution < -0.4 is 9.64 Å². The van der Waals surface area contributed by atoms with Gasteiger partial charge in [-0.2, -0.15) is 0 Å². The van der Waals surface area contributed by atoms with Gasteiger partial charge < -0.3 is 55.0 Å². The standard InChI is InChI=1S/C12H10F2N3.C11H7F2N2O.C11H7F2N2.2C10H5F2N2.4C6H5NO2.5Ir/c1-17(2)8-5-6-15-10(7-8)9-3-4-11(13)16-12(9)14;1-16-7-4-5-14-9(6-7)8-2-3-10(12)15-11(8)13;1-7-4-5-14-9(6-7)8-2-3-10(12)15-11(8)13;2*11-9-5-4-7(10(12)14-9)8-3-1-2-6-13-8;4*8-6(9)5-3-1-2-4-7-5;;;;;/h4-7H,1-2H3;3-6H,1H3;3-6H,1H3;2*1-3,5-6H;4*1-4H,(H,8,9);;;;;/q5*-1;;;;;;;;;. The number of anilines is 1. The van der Waals surface area contributed by atoms with Crippen LogP contribution in [0.15, 0.2) is 232 Å². The van der Waals surface area contributed by atoms with E-state index in [-0.39, 0.29) is 151 Å². The molecular weight excluding hydrogens is 2440 g/mol. The Morgan fingerprint density at radius 3 is 0.795 bits per heavy atom. The fraction of sp³-hybridized carbons (Fsp3) is 0.0513. The molecule has 0 unspecified atom stereocenters. The van der Waals surface area contributed by atoms with E-state index in [1.54, 1.807) is 128 Å². The molecule has 0 bridgehead atoms. The maximum Gasteiger partial charge on any atom is 0.354 e. The summed E-state index contributed by atoms with van der Waals surface area (Å²) >= 11 is 0. The molecule has 24 nitrogen and oxygen atoms in total. The maximum atomic E-state index is 13.4. The summed E-state index contributed by atoms with van der Waals surface area (Å²) in [5.74, 6) is -12.4. The zero-order valence-electron chi connectivity index (χ0n) is 59.9. The SMILES string of the molecule is CN(C)c1ccnc(-c2[c-]cc(F)nc2F)c1.COc1ccnc(-c2[c-]cc(F)nc2F)c1.Cc1ccnc(-c2[c-]cc(F)nc2F)c1.Fc1c[c-]c(-c2ccccn2)c(F)n1.Fc1c[c-]c(-c2ccccn2)c(F)n1.O=C(O)c1ccccn1.O=C(O)c1ccccn1.O=C(O)c1ccccn1.O=C(O)c1ccccn1.[Ir].[Ir].[Ir].[Ir].[Ir]. The predicted octanol–water partition coefficient (Wildman–Crippen LogP) is 14.6. The number of carboxylic acids is 4. The Balaban J connectivity index is 0.000000661. The van der Waals surface area contributed by atoms with Gasteiger partial charge in [0, 0.05) is 176 Å². The normalized spacial score (nSPS) is 9.38. The summed E-state index contributed by atoms with van der Waals surface area (Å²) < 4.78 is 134. The van der Waals surface area contributed by atoms with Gasteiger partial charge in [0.25, 0.3) is 0 Å². The van der Waals surface area contributed by atoms with Crippen molar-refractivity contribution in [2.24, 2.45) is 0 Å². The van der Waals surface area contributed by atoms with E-state index in [0.717, 1.165) is 41.6 Å². The number of hydrogen-bond donors (Lipinski definition) is 4. The van der Waals surface area contributed by atoms with Crippen LogP contribution in [-0.2, 0) is 101 Å². The minimum absolute atomic E-state index is 0. The van der Waals surface area contributed by atoms with Crippen LogP contribution in [-0.4, -0.2) is 135 Å². The van der Waals surface area contributed by atoms with Crippen LogP contribution in [0.3, 0.4) is 0 Å². The van der Waals surface area contributed by atoms with Gasteiger partial charge in [-0.05, 0) is 120 Å². The Kier molecular flexibility index (Phi) is 48.3. The number of aryl methyl sites for hydroxylation is 1. The third-order valence-electron chi connectivity index (χ3n) is 13.0. The number of pyridine rings is 14. The molecule has 14 rings (SSSR count). The van der Waals surface area contributed by atoms with E-state index in [1.165, 1.54) is 80.8 Å². The Labute approximate surface area is 727 Å². The van der Waals surface area contributed by atoms with Gasteiger partial charge in [0.1, 0.15) is 88.0 Å². The van der Waals surface area contributed by atoms with Crippen LogP contribution >= 0.6 is 0 Å². The topological polar surface area (TPSA) is 342 Å². The Bertz CT molecular complexity index is 5080. The van der Waals surface area contributed by atoms with Crippen molar-refractivity contribution in [3.63, 3.8) is 0 Å². The molecule has 0 aliphatic heterocycles. The van der Waals surface area contributed by atoms with Gasteiger partial charge in [-0.25, -0.2) is 83.0 Å². The van der Waals surface area contributed by atoms with Crippen molar-refractivity contribution in [1.82, 2.24) is 69.8 Å². The van der Waals surface area contributed by atoms with Gasteiger partial charge >= 0.3 is 23.9 Å². The van der Waals surface area contributed by atoms with Crippen molar-refractivity contribution >= 4 is 29.6 Å². The fourth-order valence-corrected chi connectivity index (χ4v) is 7.92. The number of aromatic carboxylic acids is 4. The minimum atomic E-state index is -0.990. The van der Waals surface area contributed by atoms with Crippen LogP contribution in [0, 0.1) is 96.7 Å². The summed E-state index contributed by atoms with van der Waals surface area (Å²) in [6.07, 6.45) is 13.4. The first kappa shape index (κ1) is 103. The number of halogens is 10. The van der Waals surface area contributed by atoms with Gasteiger partial charge in [-0.3, -0.25) is 24.9 Å². The Morgan fingerprint density at radius 2 is 0.564 bits per heavy atom. The Hall–Kier alpha value is -11.9. The maximum absolute atomic E-state index is 13.4. The number of hydrogen-bond acceptors (Lipinski definition) is 20. The molecule has 0 spiro atoms. The van der Waals surface area contributed by atoms with Crippen molar-refractivity contribution in [2.45, 2.75) is 6.92 Å². The number of carbonyl (C=O) groups is 4. The molecule has 0 fully saturated rings. The van der Waals surface area contributed by atoms with Gasteiger partial charge in [0.2, 0.25) is 0 Å². The van der Waals surface area contributed by atoms with Gasteiger partial charge in [-0.15, -0.1) is 30.3 Å². The third kappa shape index (κ3) is 36.2. The summed E-state index contributed by atoms with van der Waals surface area (Å²) in [5.41, 5.74) is 4.30. The quantitative estimate of drug-likeness (QED) is 0.0531. The largest absolute Gasteiger partial charge is 0.497 e. The molecule has 0 aliphatic rings.